The molecule has 0 aliphatic heterocycles. The van der Waals surface area contributed by atoms with E-state index in [2.05, 4.69) is 16.0 Å². The Bertz CT molecular complexity index is 1120. The first kappa shape index (κ1) is 33.6. The molecule has 0 aliphatic carbocycles. The van der Waals surface area contributed by atoms with E-state index < -0.39 is 47.9 Å². The number of nitrogens with one attached hydrogen (secondary N) is 3. The second-order valence-electron chi connectivity index (χ2n) is 9.75. The van der Waals surface area contributed by atoms with Crippen LogP contribution in [0.4, 0.5) is 0 Å². The molecule has 2 aromatic rings. The van der Waals surface area contributed by atoms with Gasteiger partial charge in [0.2, 0.25) is 17.7 Å². The average Bonchev–Trinajstić information content (AvgIpc) is 2.95. The van der Waals surface area contributed by atoms with Crippen molar-refractivity contribution in [3.05, 3.63) is 65.7 Å². The molecule has 11 nitrogen and oxygen atoms in total. The smallest absolute Gasteiger partial charge is 0.326 e. The summed E-state index contributed by atoms with van der Waals surface area (Å²) in [5.74, 6) is -2.38. The summed E-state index contributed by atoms with van der Waals surface area (Å²) < 4.78 is 0. The summed E-state index contributed by atoms with van der Waals surface area (Å²) in [6.07, 6.45) is 4.02. The van der Waals surface area contributed by atoms with Gasteiger partial charge in [-0.1, -0.05) is 48.9 Å². The third kappa shape index (κ3) is 12.2. The first-order chi connectivity index (χ1) is 19.6. The van der Waals surface area contributed by atoms with Gasteiger partial charge in [0.15, 0.2) is 0 Å². The van der Waals surface area contributed by atoms with Gasteiger partial charge in [-0.3, -0.25) is 14.4 Å². The normalized spacial score (nSPS) is 13.8. The Hall–Kier alpha value is -3.61. The fraction of sp³-hybridized carbons (Fsp3) is 0.448. The number of carboxylic acids is 1. The highest BCUT2D eigenvalue weighted by atomic mass is 32.2. The topological polar surface area (TPSA) is 197 Å². The first-order valence-electron chi connectivity index (χ1n) is 13.5. The Morgan fingerprint density at radius 1 is 0.780 bits per heavy atom. The van der Waals surface area contributed by atoms with Gasteiger partial charge in [0.25, 0.3) is 0 Å². The van der Waals surface area contributed by atoms with Gasteiger partial charge < -0.3 is 37.6 Å². The van der Waals surface area contributed by atoms with E-state index in [4.69, 9.17) is 11.5 Å². The van der Waals surface area contributed by atoms with Crippen LogP contribution >= 0.6 is 11.8 Å². The number of aliphatic carboxylic acids is 1. The van der Waals surface area contributed by atoms with Gasteiger partial charge in [0.1, 0.15) is 23.9 Å². The highest BCUT2D eigenvalue weighted by Gasteiger charge is 2.30. The van der Waals surface area contributed by atoms with Crippen molar-refractivity contribution in [2.75, 3.05) is 18.6 Å². The standard InChI is InChI=1S/C29H41N5O6S/c1-41-16-14-23(27(37)34-25(29(39)40)18-19-7-3-2-4-8-19)32-28(38)24(17-20-10-12-21(35)13-11-20)33-26(36)22(31)9-5-6-15-30/h2-4,7-8,10-13,22-25,35H,5-6,9,14-18,30-31H2,1H3,(H,32,38)(H,33,36)(H,34,37)(H,39,40). The quantitative estimate of drug-likeness (QED) is 0.124. The van der Waals surface area contributed by atoms with Gasteiger partial charge in [0.05, 0.1) is 6.04 Å². The zero-order valence-electron chi connectivity index (χ0n) is 23.3. The number of carbonyl (C=O) groups excluding carboxylic acids is 3. The molecule has 0 heterocycles. The lowest BCUT2D eigenvalue weighted by atomic mass is 10.0. The molecule has 3 amide bonds. The molecule has 0 saturated heterocycles. The summed E-state index contributed by atoms with van der Waals surface area (Å²) in [7, 11) is 0. The van der Waals surface area contributed by atoms with Crippen molar-refractivity contribution in [3.63, 3.8) is 0 Å². The molecule has 0 saturated carbocycles. The summed E-state index contributed by atoms with van der Waals surface area (Å²) in [6, 6.07) is 11.0. The number of carboxylic acid groups (broad SMARTS) is 1. The maximum atomic E-state index is 13.5. The highest BCUT2D eigenvalue weighted by Crippen LogP contribution is 2.13. The minimum atomic E-state index is -1.20. The van der Waals surface area contributed by atoms with Gasteiger partial charge >= 0.3 is 5.97 Å². The number of carbonyl (C=O) groups is 4. The maximum absolute atomic E-state index is 13.5. The number of phenolic OH excluding ortho intramolecular Hbond substituents is 1. The molecule has 0 spiro atoms. The summed E-state index contributed by atoms with van der Waals surface area (Å²) in [4.78, 5) is 51.5. The third-order valence-corrected chi connectivity index (χ3v) is 7.10. The van der Waals surface area contributed by atoms with Gasteiger partial charge in [0, 0.05) is 12.8 Å². The highest BCUT2D eigenvalue weighted by molar-refractivity contribution is 7.98. The second-order valence-corrected chi connectivity index (χ2v) is 10.7. The molecule has 2 rings (SSSR count). The van der Waals surface area contributed by atoms with Crippen LogP contribution in [-0.2, 0) is 32.0 Å². The number of aromatic hydroxyl groups is 1. The van der Waals surface area contributed by atoms with Crippen LogP contribution in [0.15, 0.2) is 54.6 Å². The summed E-state index contributed by atoms with van der Waals surface area (Å²) >= 11 is 1.47. The van der Waals surface area contributed by atoms with Crippen molar-refractivity contribution in [1.82, 2.24) is 16.0 Å². The van der Waals surface area contributed by atoms with Crippen LogP contribution in [0.25, 0.3) is 0 Å². The number of thioether (sulfide) groups is 1. The Morgan fingerprint density at radius 3 is 1.95 bits per heavy atom. The van der Waals surface area contributed by atoms with Crippen LogP contribution in [-0.4, -0.2) is 76.6 Å². The molecule has 4 unspecified atom stereocenters. The van der Waals surface area contributed by atoms with Crippen LogP contribution in [0.1, 0.15) is 36.8 Å². The van der Waals surface area contributed by atoms with Crippen LogP contribution < -0.4 is 27.4 Å². The number of benzene rings is 2. The Labute approximate surface area is 244 Å². The van der Waals surface area contributed by atoms with Crippen molar-refractivity contribution in [1.29, 1.82) is 0 Å². The Kier molecular flexibility index (Phi) is 14.7. The van der Waals surface area contributed by atoms with E-state index >= 15 is 0 Å². The number of unbranched alkanes of at least 4 members (excludes halogenated alkanes) is 1. The summed E-state index contributed by atoms with van der Waals surface area (Å²) in [5, 5.41) is 27.3. The molecule has 0 radical (unpaired) electrons. The minimum absolute atomic E-state index is 0.0537. The molecule has 9 N–H and O–H groups in total. The largest absolute Gasteiger partial charge is 0.508 e. The molecule has 41 heavy (non-hydrogen) atoms. The molecule has 0 bridgehead atoms. The average molecular weight is 588 g/mol. The van der Waals surface area contributed by atoms with E-state index in [1.165, 1.54) is 23.9 Å². The van der Waals surface area contributed by atoms with Crippen LogP contribution in [0, 0.1) is 0 Å². The van der Waals surface area contributed by atoms with Crippen molar-refractivity contribution >= 4 is 35.5 Å². The van der Waals surface area contributed by atoms with E-state index in [0.29, 0.717) is 37.1 Å². The van der Waals surface area contributed by atoms with Crippen LogP contribution in [0.2, 0.25) is 0 Å². The fourth-order valence-electron chi connectivity index (χ4n) is 4.09. The van der Waals surface area contributed by atoms with E-state index in [0.717, 1.165) is 5.56 Å². The Balaban J connectivity index is 2.20. The monoisotopic (exact) mass is 587 g/mol. The van der Waals surface area contributed by atoms with Gasteiger partial charge in [-0.2, -0.15) is 11.8 Å². The van der Waals surface area contributed by atoms with Crippen molar-refractivity contribution < 1.29 is 29.4 Å². The number of hydrogen-bond donors (Lipinski definition) is 7. The van der Waals surface area contributed by atoms with E-state index in [1.54, 1.807) is 36.4 Å². The molecular formula is C29H41N5O6S. The number of nitrogens with two attached hydrogens (primary N) is 2. The molecular weight excluding hydrogens is 546 g/mol. The van der Waals surface area contributed by atoms with Crippen LogP contribution in [0.5, 0.6) is 5.75 Å². The molecule has 4 atom stereocenters. The lowest BCUT2D eigenvalue weighted by Crippen LogP contribution is -2.58. The molecule has 12 heteroatoms. The van der Waals surface area contributed by atoms with Crippen LogP contribution in [0.3, 0.4) is 0 Å². The van der Waals surface area contributed by atoms with Crippen molar-refractivity contribution in [2.45, 2.75) is 62.7 Å². The van der Waals surface area contributed by atoms with Crippen molar-refractivity contribution in [3.8, 4) is 5.75 Å². The van der Waals surface area contributed by atoms with Gasteiger partial charge in [-0.25, -0.2) is 4.79 Å². The van der Waals surface area contributed by atoms with E-state index in [-0.39, 0.29) is 25.0 Å². The Morgan fingerprint density at radius 2 is 1.34 bits per heavy atom. The molecule has 0 aromatic heterocycles. The van der Waals surface area contributed by atoms with Gasteiger partial charge in [-0.15, -0.1) is 0 Å². The summed E-state index contributed by atoms with van der Waals surface area (Å²) in [5.41, 5.74) is 13.0. The van der Waals surface area contributed by atoms with E-state index in [1.807, 2.05) is 12.3 Å². The van der Waals surface area contributed by atoms with Gasteiger partial charge in [-0.05, 0) is 61.1 Å². The molecule has 224 valence electrons. The number of hydrogen-bond acceptors (Lipinski definition) is 8. The third-order valence-electron chi connectivity index (χ3n) is 6.46. The first-order valence-corrected chi connectivity index (χ1v) is 14.9. The lowest BCUT2D eigenvalue weighted by Gasteiger charge is -2.25. The number of amides is 3. The predicted octanol–water partition coefficient (Wildman–Crippen LogP) is 0.926. The predicted molar refractivity (Wildman–Crippen MR) is 159 cm³/mol. The lowest BCUT2D eigenvalue weighted by molar-refractivity contribution is -0.142. The van der Waals surface area contributed by atoms with Crippen molar-refractivity contribution in [2.24, 2.45) is 11.5 Å². The second kappa shape index (κ2) is 17.9. The zero-order valence-corrected chi connectivity index (χ0v) is 24.1. The maximum Gasteiger partial charge on any atom is 0.326 e. The number of phenols is 1. The fourth-order valence-corrected chi connectivity index (χ4v) is 4.57. The zero-order chi connectivity index (χ0) is 30.2. The number of rotatable bonds is 18. The molecule has 2 aromatic carbocycles. The molecule has 0 aliphatic rings. The summed E-state index contributed by atoms with van der Waals surface area (Å²) in [6.45, 7) is 0.480. The SMILES string of the molecule is CSCCC(NC(=O)C(Cc1ccc(O)cc1)NC(=O)C(N)CCCCN)C(=O)NC(Cc1ccccc1)C(=O)O. The molecule has 0 fully saturated rings. The van der Waals surface area contributed by atoms with E-state index in [9.17, 15) is 29.4 Å². The minimum Gasteiger partial charge on any atom is -0.508 e.